The number of nitrogens with zero attached hydrogens (tertiary/aromatic N) is 6. The van der Waals surface area contributed by atoms with Gasteiger partial charge in [0, 0.05) is 5.57 Å². The highest BCUT2D eigenvalue weighted by atomic mass is 32.2. The van der Waals surface area contributed by atoms with E-state index in [1.165, 1.54) is 30.6 Å². The molecule has 1 aliphatic rings. The second-order valence-electron chi connectivity index (χ2n) is 7.56. The molecule has 0 saturated heterocycles. The Kier molecular flexibility index (Phi) is 6.35. The van der Waals surface area contributed by atoms with Crippen molar-refractivity contribution in [3.8, 4) is 0 Å². The van der Waals surface area contributed by atoms with Gasteiger partial charge in [0.25, 0.3) is 20.2 Å². The van der Waals surface area contributed by atoms with Crippen LogP contribution in [-0.2, 0) is 25.7 Å². The van der Waals surface area contributed by atoms with E-state index in [9.17, 15) is 25.9 Å². The van der Waals surface area contributed by atoms with E-state index in [1.54, 1.807) is 30.3 Å². The van der Waals surface area contributed by atoms with Crippen molar-refractivity contribution in [3.05, 3.63) is 100 Å². The van der Waals surface area contributed by atoms with Gasteiger partial charge in [-0.25, -0.2) is 0 Å². The first-order chi connectivity index (χ1) is 17.0. The molecule has 0 amide bonds. The lowest BCUT2D eigenvalue weighted by Crippen LogP contribution is -2.50. The van der Waals surface area contributed by atoms with E-state index in [4.69, 9.17) is 11.5 Å². The van der Waals surface area contributed by atoms with Crippen LogP contribution in [0, 0.1) is 0 Å². The third-order valence-corrected chi connectivity index (χ3v) is 7.89. The number of aromatic nitrogens is 6. The summed E-state index contributed by atoms with van der Waals surface area (Å²) in [4.78, 5) is -1.15. The minimum atomic E-state index is -5.36. The first-order valence-electron chi connectivity index (χ1n) is 9.96. The normalized spacial score (nSPS) is 18.6. The highest BCUT2D eigenvalue weighted by Gasteiger charge is 2.57. The van der Waals surface area contributed by atoms with Crippen LogP contribution in [0.15, 0.2) is 83.2 Å². The Labute approximate surface area is 205 Å². The summed E-state index contributed by atoms with van der Waals surface area (Å²) in [5.74, 6) is 0. The fourth-order valence-electron chi connectivity index (χ4n) is 4.01. The molecule has 0 saturated carbocycles. The molecule has 3 aromatic rings. The molecular weight excluding hydrogens is 512 g/mol. The van der Waals surface area contributed by atoms with Crippen molar-refractivity contribution in [1.29, 1.82) is 0 Å². The summed E-state index contributed by atoms with van der Waals surface area (Å²) in [6.07, 6.45) is 4.68. The van der Waals surface area contributed by atoms with E-state index < -0.39 is 41.4 Å². The quantitative estimate of drug-likeness (QED) is 0.297. The Morgan fingerprint density at radius 1 is 0.833 bits per heavy atom. The second kappa shape index (κ2) is 9.15. The summed E-state index contributed by atoms with van der Waals surface area (Å²) >= 11 is 0. The SMILES string of the molecule is NC(C1=C(S(=O)(=O)O)C(S(=O)(=O)O)C(c2ccnnn2)(c2ccnnn2)C=C1)=C(N)c1ccccc1. The summed E-state index contributed by atoms with van der Waals surface area (Å²) in [6.45, 7) is 0. The maximum Gasteiger partial charge on any atom is 0.292 e. The van der Waals surface area contributed by atoms with E-state index in [2.05, 4.69) is 30.8 Å². The fourth-order valence-corrected chi connectivity index (χ4v) is 6.84. The highest BCUT2D eigenvalue weighted by Crippen LogP contribution is 2.47. The predicted molar refractivity (Wildman–Crippen MR) is 125 cm³/mol. The van der Waals surface area contributed by atoms with Gasteiger partial charge in [-0.15, -0.1) is 20.4 Å². The van der Waals surface area contributed by atoms with Gasteiger partial charge in [0.1, 0.15) is 15.6 Å². The van der Waals surface area contributed by atoms with Gasteiger partial charge in [0.15, 0.2) is 0 Å². The predicted octanol–water partition coefficient (Wildman–Crippen LogP) is -0.403. The van der Waals surface area contributed by atoms with E-state index in [1.807, 2.05) is 0 Å². The molecule has 0 bridgehead atoms. The maximum atomic E-state index is 12.9. The fraction of sp³-hybridized carbons (Fsp3) is 0.100. The second-order valence-corrected chi connectivity index (χ2v) is 10.4. The molecule has 0 spiro atoms. The number of hydrogen-bond donors (Lipinski definition) is 4. The van der Waals surface area contributed by atoms with E-state index in [0.717, 1.165) is 6.08 Å². The summed E-state index contributed by atoms with van der Waals surface area (Å²) in [5.41, 5.74) is 9.29. The molecule has 1 aliphatic carbocycles. The molecule has 0 aliphatic heterocycles. The van der Waals surface area contributed by atoms with Crippen LogP contribution in [0.2, 0.25) is 0 Å². The minimum Gasteiger partial charge on any atom is -0.397 e. The Morgan fingerprint density at radius 3 is 1.83 bits per heavy atom. The van der Waals surface area contributed by atoms with Crippen molar-refractivity contribution in [3.63, 3.8) is 0 Å². The molecular formula is C20H18N8O6S2. The zero-order chi connectivity index (χ0) is 26.1. The summed E-state index contributed by atoms with van der Waals surface area (Å²) in [5, 5.41) is 19.3. The van der Waals surface area contributed by atoms with Crippen LogP contribution in [0.1, 0.15) is 17.0 Å². The maximum absolute atomic E-state index is 12.9. The molecule has 0 radical (unpaired) electrons. The summed E-state index contributed by atoms with van der Waals surface area (Å²) in [6, 6.07) is 10.7. The molecule has 1 atom stereocenters. The van der Waals surface area contributed by atoms with Crippen LogP contribution in [0.5, 0.6) is 0 Å². The number of hydrogen-bond acceptors (Lipinski definition) is 12. The van der Waals surface area contributed by atoms with Crippen LogP contribution in [0.4, 0.5) is 0 Å². The number of rotatable bonds is 6. The zero-order valence-corrected chi connectivity index (χ0v) is 19.7. The van der Waals surface area contributed by atoms with Gasteiger partial charge in [-0.3, -0.25) is 9.11 Å². The van der Waals surface area contributed by atoms with Crippen LogP contribution >= 0.6 is 0 Å². The molecule has 1 aromatic carbocycles. The van der Waals surface area contributed by atoms with Gasteiger partial charge in [-0.05, 0) is 28.1 Å². The standard InChI is InChI=1S/C20H18N8O6S2/c21-16(12-4-2-1-3-5-12)17(22)13-6-9-20(14-7-10-23-27-25-14,15-8-11-24-28-26-15)19(36(32,33)34)18(13)35(29,30)31/h1-11,19H,21-22H2,(H,29,30,31)(H,32,33,34). The average Bonchev–Trinajstić information content (AvgIpc) is 2.87. The Bertz CT molecular complexity index is 1550. The molecule has 2 aromatic heterocycles. The lowest BCUT2D eigenvalue weighted by molar-refractivity contribution is 0.437. The van der Waals surface area contributed by atoms with Crippen LogP contribution in [0.25, 0.3) is 5.70 Å². The van der Waals surface area contributed by atoms with Gasteiger partial charge in [0.05, 0.1) is 35.2 Å². The van der Waals surface area contributed by atoms with Gasteiger partial charge in [-0.2, -0.15) is 16.8 Å². The monoisotopic (exact) mass is 530 g/mol. The van der Waals surface area contributed by atoms with Crippen LogP contribution in [0.3, 0.4) is 0 Å². The largest absolute Gasteiger partial charge is 0.397 e. The molecule has 0 fully saturated rings. The van der Waals surface area contributed by atoms with Gasteiger partial charge in [-0.1, -0.05) is 42.5 Å². The molecule has 186 valence electrons. The van der Waals surface area contributed by atoms with Crippen molar-refractivity contribution < 1.29 is 25.9 Å². The third-order valence-electron chi connectivity index (χ3n) is 5.52. The lowest BCUT2D eigenvalue weighted by Gasteiger charge is -2.38. The lowest BCUT2D eigenvalue weighted by atomic mass is 9.73. The van der Waals surface area contributed by atoms with Gasteiger partial charge >= 0.3 is 0 Å². The number of benzene rings is 1. The summed E-state index contributed by atoms with van der Waals surface area (Å²) < 4.78 is 72.0. The van der Waals surface area contributed by atoms with Gasteiger partial charge < -0.3 is 11.5 Å². The number of nitrogens with two attached hydrogens (primary N) is 2. The average molecular weight is 531 g/mol. The molecule has 14 nitrogen and oxygen atoms in total. The van der Waals surface area contributed by atoms with E-state index in [0.29, 0.717) is 5.56 Å². The molecule has 6 N–H and O–H groups in total. The number of allylic oxidation sites excluding steroid dienone is 2. The zero-order valence-electron chi connectivity index (χ0n) is 18.1. The molecule has 36 heavy (non-hydrogen) atoms. The van der Waals surface area contributed by atoms with Crippen LogP contribution < -0.4 is 11.5 Å². The van der Waals surface area contributed by atoms with E-state index in [-0.39, 0.29) is 22.8 Å². The highest BCUT2D eigenvalue weighted by molar-refractivity contribution is 7.93. The smallest absolute Gasteiger partial charge is 0.292 e. The molecule has 1 unspecified atom stereocenters. The molecule has 16 heteroatoms. The Balaban J connectivity index is 2.14. The van der Waals surface area contributed by atoms with Crippen molar-refractivity contribution >= 4 is 25.9 Å². The molecule has 4 rings (SSSR count). The topological polar surface area (TPSA) is 238 Å². The summed E-state index contributed by atoms with van der Waals surface area (Å²) in [7, 11) is -10.7. The van der Waals surface area contributed by atoms with Crippen molar-refractivity contribution in [2.45, 2.75) is 10.7 Å². The van der Waals surface area contributed by atoms with Crippen molar-refractivity contribution in [2.75, 3.05) is 0 Å². The van der Waals surface area contributed by atoms with Crippen molar-refractivity contribution in [2.24, 2.45) is 11.5 Å². The molecule has 2 heterocycles. The Morgan fingerprint density at radius 2 is 1.39 bits per heavy atom. The first kappa shape index (κ1) is 25.0. The van der Waals surface area contributed by atoms with Gasteiger partial charge in [0.2, 0.25) is 0 Å². The first-order valence-corrected chi connectivity index (χ1v) is 12.9. The van der Waals surface area contributed by atoms with E-state index >= 15 is 0 Å². The van der Waals surface area contributed by atoms with Crippen LogP contribution in [-0.4, -0.2) is 62.0 Å². The third kappa shape index (κ3) is 4.33. The minimum absolute atomic E-state index is 0.106. The Hall–Kier alpha value is -4.12. The van der Waals surface area contributed by atoms with Crippen molar-refractivity contribution in [1.82, 2.24) is 30.8 Å².